The van der Waals surface area contributed by atoms with Crippen LogP contribution < -0.4 is 0 Å². The predicted octanol–water partition coefficient (Wildman–Crippen LogP) is 24.7. The lowest BCUT2D eigenvalue weighted by Crippen LogP contribution is -2.30. The third kappa shape index (κ3) is 77.6. The molecule has 0 aliphatic carbocycles. The van der Waals surface area contributed by atoms with E-state index >= 15 is 0 Å². The predicted molar refractivity (Wildman–Crippen MR) is 436 cm³/mol. The van der Waals surface area contributed by atoms with Crippen molar-refractivity contribution in [2.24, 2.45) is 0 Å². The number of carbonyl (C=O) groups excluding carboxylic acids is 4. The van der Waals surface area contributed by atoms with Gasteiger partial charge in [-0.2, -0.15) is 0 Å². The van der Waals surface area contributed by atoms with Gasteiger partial charge in [-0.3, -0.25) is 37.3 Å². The van der Waals surface area contributed by atoms with Gasteiger partial charge in [-0.25, -0.2) is 9.13 Å². The monoisotopic (exact) mass is 1530 g/mol. The molecule has 0 radical (unpaired) electrons. The number of phosphoric acid groups is 2. The Morgan fingerprint density at radius 2 is 0.491 bits per heavy atom. The number of ether oxygens (including phenoxy) is 4. The first kappa shape index (κ1) is 101. The zero-order chi connectivity index (χ0) is 77.4. The summed E-state index contributed by atoms with van der Waals surface area (Å²) < 4.78 is 68.7. The summed E-state index contributed by atoms with van der Waals surface area (Å²) in [6.07, 6.45) is 87.3. The largest absolute Gasteiger partial charge is 0.472 e. The molecule has 0 saturated heterocycles. The average Bonchev–Trinajstić information content (AvgIpc) is 0.919. The molecule has 0 aliphatic rings. The summed E-state index contributed by atoms with van der Waals surface area (Å²) in [6.45, 7) is 4.62. The second kappa shape index (κ2) is 78.6. The van der Waals surface area contributed by atoms with Crippen LogP contribution in [0.15, 0.2) is 122 Å². The topological polar surface area (TPSA) is 237 Å². The Kier molecular flexibility index (Phi) is 75.2. The molecule has 0 saturated carbocycles. The molecule has 3 N–H and O–H groups in total. The molecular formula is C87H150O17P2. The first-order valence-electron chi connectivity index (χ1n) is 41.8. The molecule has 0 rings (SSSR count). The number of aliphatic hydroxyl groups excluding tert-OH is 1. The first-order chi connectivity index (χ1) is 51.7. The number of aliphatic hydroxyl groups is 1. The van der Waals surface area contributed by atoms with Crippen LogP contribution in [0.2, 0.25) is 0 Å². The Morgan fingerprint density at radius 3 is 0.774 bits per heavy atom. The zero-order valence-corrected chi connectivity index (χ0v) is 68.6. The smallest absolute Gasteiger partial charge is 0.462 e. The second-order valence-electron chi connectivity index (χ2n) is 27.7. The van der Waals surface area contributed by atoms with Crippen LogP contribution in [-0.2, 0) is 65.4 Å². The van der Waals surface area contributed by atoms with Crippen molar-refractivity contribution in [1.82, 2.24) is 0 Å². The standard InChI is InChI=1S/C87H150O17P2/c1-5-9-13-17-21-25-29-32-35-38-40-43-45-48-52-55-59-63-67-71-84(89)97-77-82(103-86(91)73-69-65-61-57-51-28-24-20-16-12-8-4)79-101-105(93,94)99-75-81(88)76-100-106(95,96)102-80-83(104-87(92)74-70-66-62-58-54-50-47-42-37-34-31-27-23-19-15-11-7-3)78-98-85(90)72-68-64-60-56-53-49-46-44-41-39-36-33-30-26-22-18-14-10-6-2/h10-11,14-15,21-23,25-27,32-37,40-41,43-44,81-83,88H,5-9,12-13,16-20,24,28-31,38-39,42,45-80H2,1-4H3,(H,93,94)(H,95,96)/b14-10-,15-11-,25-21-,26-22-,27-23-,35-32-,36-33-,37-34-,43-40-,44-41-. The Hall–Kier alpha value is -4.54. The molecule has 17 nitrogen and oxygen atoms in total. The fourth-order valence-corrected chi connectivity index (χ4v) is 12.7. The highest BCUT2D eigenvalue weighted by Gasteiger charge is 2.30. The van der Waals surface area contributed by atoms with Crippen molar-refractivity contribution >= 4 is 39.5 Å². The highest BCUT2D eigenvalue weighted by Crippen LogP contribution is 2.45. The maximum atomic E-state index is 13.1. The number of rotatable bonds is 78. The zero-order valence-electron chi connectivity index (χ0n) is 66.8. The fourth-order valence-electron chi connectivity index (χ4n) is 11.1. The summed E-state index contributed by atoms with van der Waals surface area (Å²) in [5.74, 6) is -2.20. The minimum atomic E-state index is -4.99. The molecule has 5 atom stereocenters. The van der Waals surface area contributed by atoms with Crippen molar-refractivity contribution in [3.05, 3.63) is 122 Å². The van der Waals surface area contributed by atoms with Crippen molar-refractivity contribution in [3.63, 3.8) is 0 Å². The normalized spacial score (nSPS) is 14.4. The molecule has 0 amide bonds. The molecule has 19 heteroatoms. The number of allylic oxidation sites excluding steroid dienone is 20. The van der Waals surface area contributed by atoms with Crippen LogP contribution in [0.5, 0.6) is 0 Å². The van der Waals surface area contributed by atoms with Gasteiger partial charge in [0.2, 0.25) is 0 Å². The summed E-state index contributed by atoms with van der Waals surface area (Å²) in [6, 6.07) is 0. The molecule has 0 aromatic rings. The van der Waals surface area contributed by atoms with Crippen LogP contribution in [0.4, 0.5) is 0 Å². The third-order valence-electron chi connectivity index (χ3n) is 17.4. The van der Waals surface area contributed by atoms with Crippen LogP contribution >= 0.6 is 15.6 Å². The molecular weight excluding hydrogens is 1380 g/mol. The van der Waals surface area contributed by atoms with E-state index in [4.69, 9.17) is 37.0 Å². The molecule has 0 aliphatic heterocycles. The maximum Gasteiger partial charge on any atom is 0.472 e. The van der Waals surface area contributed by atoms with Crippen molar-refractivity contribution in [1.29, 1.82) is 0 Å². The Balaban J connectivity index is 5.34. The summed E-state index contributed by atoms with van der Waals surface area (Å²) in [7, 11) is -9.97. The van der Waals surface area contributed by atoms with Gasteiger partial charge >= 0.3 is 39.5 Å². The molecule has 0 spiro atoms. The van der Waals surface area contributed by atoms with Crippen molar-refractivity contribution < 1.29 is 80.2 Å². The number of esters is 4. The summed E-state index contributed by atoms with van der Waals surface area (Å²) in [5.41, 5.74) is 0. The summed E-state index contributed by atoms with van der Waals surface area (Å²) >= 11 is 0. The van der Waals surface area contributed by atoms with Gasteiger partial charge in [-0.15, -0.1) is 0 Å². The van der Waals surface area contributed by atoms with E-state index in [1.54, 1.807) is 0 Å². The van der Waals surface area contributed by atoms with Crippen LogP contribution in [0.25, 0.3) is 0 Å². The van der Waals surface area contributed by atoms with Gasteiger partial charge < -0.3 is 33.8 Å². The lowest BCUT2D eigenvalue weighted by molar-refractivity contribution is -0.161. The van der Waals surface area contributed by atoms with Crippen molar-refractivity contribution in [2.75, 3.05) is 39.6 Å². The number of hydrogen-bond acceptors (Lipinski definition) is 15. The van der Waals surface area contributed by atoms with Gasteiger partial charge in [0.15, 0.2) is 12.2 Å². The molecule has 106 heavy (non-hydrogen) atoms. The first-order valence-corrected chi connectivity index (χ1v) is 44.8. The van der Waals surface area contributed by atoms with E-state index in [9.17, 15) is 43.2 Å². The Labute approximate surface area is 644 Å². The fraction of sp³-hybridized carbons (Fsp3) is 0.724. The van der Waals surface area contributed by atoms with Crippen LogP contribution in [0.3, 0.4) is 0 Å². The number of unbranched alkanes of at least 4 members (excludes halogenated alkanes) is 32. The van der Waals surface area contributed by atoms with E-state index in [2.05, 4.69) is 149 Å². The van der Waals surface area contributed by atoms with Crippen LogP contribution in [-0.4, -0.2) is 96.7 Å². The molecule has 0 heterocycles. The van der Waals surface area contributed by atoms with E-state index in [0.29, 0.717) is 25.7 Å². The van der Waals surface area contributed by atoms with Crippen molar-refractivity contribution in [3.8, 4) is 0 Å². The number of phosphoric ester groups is 2. The summed E-state index contributed by atoms with van der Waals surface area (Å²) in [4.78, 5) is 73.1. The number of carbonyl (C=O) groups is 4. The minimum absolute atomic E-state index is 0.0786. The molecule has 610 valence electrons. The molecule has 0 fully saturated rings. The lowest BCUT2D eigenvalue weighted by Gasteiger charge is -2.21. The van der Waals surface area contributed by atoms with Crippen LogP contribution in [0, 0.1) is 0 Å². The van der Waals surface area contributed by atoms with Crippen LogP contribution in [0.1, 0.15) is 349 Å². The van der Waals surface area contributed by atoms with Gasteiger partial charge in [-0.1, -0.05) is 310 Å². The van der Waals surface area contributed by atoms with E-state index in [1.807, 2.05) is 0 Å². The van der Waals surface area contributed by atoms with E-state index in [1.165, 1.54) is 57.8 Å². The SMILES string of the molecule is CC/C=C\C/C=C\C/C=C\C/C=C\CCCCCCCCC(=O)OCC(COP(=O)(O)OCC(O)COP(=O)(O)OCC(COC(=O)CCCCCCCC/C=C\C/C=C\C/C=C\CCCCC)OC(=O)CCCCCCCCCCCCC)OC(=O)CCCCCCCCC/C=C\C/C=C\C/C=C\CC. The molecule has 0 aromatic heterocycles. The molecule has 0 bridgehead atoms. The van der Waals surface area contributed by atoms with Gasteiger partial charge in [-0.05, 0) is 135 Å². The Bertz CT molecular complexity index is 2480. The summed E-state index contributed by atoms with van der Waals surface area (Å²) in [5, 5.41) is 10.7. The highest BCUT2D eigenvalue weighted by atomic mass is 31.2. The molecule has 5 unspecified atom stereocenters. The Morgan fingerprint density at radius 1 is 0.274 bits per heavy atom. The lowest BCUT2D eigenvalue weighted by atomic mass is 10.1. The average molecular weight is 1530 g/mol. The van der Waals surface area contributed by atoms with Gasteiger partial charge in [0.05, 0.1) is 26.4 Å². The van der Waals surface area contributed by atoms with E-state index in [0.717, 1.165) is 212 Å². The maximum absolute atomic E-state index is 13.1. The minimum Gasteiger partial charge on any atom is -0.462 e. The quantitative estimate of drug-likeness (QED) is 0.0169. The van der Waals surface area contributed by atoms with Gasteiger partial charge in [0, 0.05) is 25.7 Å². The molecule has 0 aromatic carbocycles. The third-order valence-corrected chi connectivity index (χ3v) is 19.3. The van der Waals surface area contributed by atoms with E-state index in [-0.39, 0.29) is 25.7 Å². The number of hydrogen-bond donors (Lipinski definition) is 3. The van der Waals surface area contributed by atoms with Gasteiger partial charge in [0.1, 0.15) is 19.3 Å². The highest BCUT2D eigenvalue weighted by molar-refractivity contribution is 7.47. The van der Waals surface area contributed by atoms with E-state index < -0.39 is 97.5 Å². The second-order valence-corrected chi connectivity index (χ2v) is 30.6. The van der Waals surface area contributed by atoms with Crippen molar-refractivity contribution in [2.45, 2.75) is 367 Å². The van der Waals surface area contributed by atoms with Gasteiger partial charge in [0.25, 0.3) is 0 Å².